The van der Waals surface area contributed by atoms with Crippen molar-refractivity contribution in [1.82, 2.24) is 9.88 Å². The number of aromatic nitrogens is 1. The fourth-order valence-corrected chi connectivity index (χ4v) is 3.04. The third-order valence-corrected chi connectivity index (χ3v) is 4.22. The number of pyridine rings is 1. The van der Waals surface area contributed by atoms with E-state index in [0.717, 1.165) is 19.6 Å². The monoisotopic (exact) mass is 289 g/mol. The van der Waals surface area contributed by atoms with Gasteiger partial charge in [0.25, 0.3) is 0 Å². The van der Waals surface area contributed by atoms with Crippen molar-refractivity contribution in [3.8, 4) is 0 Å². The van der Waals surface area contributed by atoms with Gasteiger partial charge >= 0.3 is 0 Å². The Morgan fingerprint density at radius 1 is 1.00 bits per heavy atom. The van der Waals surface area contributed by atoms with Crippen LogP contribution in [-0.2, 0) is 6.54 Å². The van der Waals surface area contributed by atoms with Crippen LogP contribution in [-0.4, -0.2) is 29.0 Å². The summed E-state index contributed by atoms with van der Waals surface area (Å²) in [6, 6.07) is 19.7. The van der Waals surface area contributed by atoms with Gasteiger partial charge in [0.2, 0.25) is 0 Å². The standard InChI is InChI=1S/C19H19N3/c1-2-4-15(5-3-1)12-22-13-19(14-22)21-18-7-6-17-11-20-9-8-16(17)10-18/h1-11,19,21H,12-14H2. The number of nitrogens with zero attached hydrogens (tertiary/aromatic N) is 2. The van der Waals surface area contributed by atoms with E-state index in [1.54, 1.807) is 0 Å². The first-order valence-corrected chi connectivity index (χ1v) is 7.73. The highest BCUT2D eigenvalue weighted by Gasteiger charge is 2.26. The van der Waals surface area contributed by atoms with Gasteiger partial charge < -0.3 is 5.32 Å². The first kappa shape index (κ1) is 13.3. The lowest BCUT2D eigenvalue weighted by atomic mass is 10.1. The summed E-state index contributed by atoms with van der Waals surface area (Å²) in [6.45, 7) is 3.25. The smallest absolute Gasteiger partial charge is 0.0515 e. The molecule has 110 valence electrons. The SMILES string of the molecule is c1ccc(CN2CC(Nc3ccc4cnccc4c3)C2)cc1. The van der Waals surface area contributed by atoms with E-state index in [-0.39, 0.29) is 0 Å². The van der Waals surface area contributed by atoms with Gasteiger partial charge in [-0.05, 0) is 29.1 Å². The molecule has 1 fully saturated rings. The van der Waals surface area contributed by atoms with Crippen LogP contribution in [0.2, 0.25) is 0 Å². The van der Waals surface area contributed by atoms with Gasteiger partial charge in [-0.1, -0.05) is 36.4 Å². The van der Waals surface area contributed by atoms with E-state index < -0.39 is 0 Å². The summed E-state index contributed by atoms with van der Waals surface area (Å²) >= 11 is 0. The first-order valence-electron chi connectivity index (χ1n) is 7.73. The fraction of sp³-hybridized carbons (Fsp3) is 0.211. The van der Waals surface area contributed by atoms with Crippen LogP contribution in [0.5, 0.6) is 0 Å². The number of anilines is 1. The van der Waals surface area contributed by atoms with Crippen LogP contribution >= 0.6 is 0 Å². The van der Waals surface area contributed by atoms with Gasteiger partial charge in [-0.25, -0.2) is 0 Å². The molecule has 0 radical (unpaired) electrons. The molecule has 0 atom stereocenters. The molecule has 3 aromatic rings. The fourth-order valence-electron chi connectivity index (χ4n) is 3.04. The van der Waals surface area contributed by atoms with Crippen LogP contribution < -0.4 is 5.32 Å². The molecule has 1 aromatic heterocycles. The summed E-state index contributed by atoms with van der Waals surface area (Å²) in [7, 11) is 0. The number of benzene rings is 2. The molecule has 3 heteroatoms. The van der Waals surface area contributed by atoms with Crippen LogP contribution in [0.25, 0.3) is 10.8 Å². The second-order valence-electron chi connectivity index (χ2n) is 5.96. The van der Waals surface area contributed by atoms with Crippen LogP contribution in [0.3, 0.4) is 0 Å². The average Bonchev–Trinajstić information content (AvgIpc) is 2.54. The number of fused-ring (bicyclic) bond motifs is 1. The molecule has 0 aliphatic carbocycles. The van der Waals surface area contributed by atoms with Crippen LogP contribution in [0.4, 0.5) is 5.69 Å². The zero-order valence-electron chi connectivity index (χ0n) is 12.4. The molecule has 0 spiro atoms. The molecule has 2 heterocycles. The molecule has 0 unspecified atom stereocenters. The topological polar surface area (TPSA) is 28.2 Å². The largest absolute Gasteiger partial charge is 0.380 e. The molecule has 0 bridgehead atoms. The van der Waals surface area contributed by atoms with Crippen molar-refractivity contribution in [3.63, 3.8) is 0 Å². The lowest BCUT2D eigenvalue weighted by molar-refractivity contribution is 0.153. The third kappa shape index (κ3) is 2.81. The quantitative estimate of drug-likeness (QED) is 0.796. The van der Waals surface area contributed by atoms with Gasteiger partial charge in [0.15, 0.2) is 0 Å². The Labute approximate surface area is 130 Å². The van der Waals surface area contributed by atoms with E-state index in [2.05, 4.69) is 69.8 Å². The zero-order valence-corrected chi connectivity index (χ0v) is 12.4. The van der Waals surface area contributed by atoms with Gasteiger partial charge in [0, 0.05) is 43.1 Å². The summed E-state index contributed by atoms with van der Waals surface area (Å²) in [5, 5.41) is 6.05. The van der Waals surface area contributed by atoms with Gasteiger partial charge in [-0.3, -0.25) is 9.88 Å². The average molecular weight is 289 g/mol. The molecule has 0 saturated carbocycles. The van der Waals surface area contributed by atoms with E-state index in [4.69, 9.17) is 0 Å². The van der Waals surface area contributed by atoms with Crippen LogP contribution in [0, 0.1) is 0 Å². The number of hydrogen-bond donors (Lipinski definition) is 1. The van der Waals surface area contributed by atoms with Crippen molar-refractivity contribution in [1.29, 1.82) is 0 Å². The van der Waals surface area contributed by atoms with E-state index in [0.29, 0.717) is 6.04 Å². The van der Waals surface area contributed by atoms with Gasteiger partial charge in [0.1, 0.15) is 0 Å². The highest BCUT2D eigenvalue weighted by molar-refractivity contribution is 5.84. The highest BCUT2D eigenvalue weighted by Crippen LogP contribution is 2.21. The minimum absolute atomic E-state index is 0.544. The van der Waals surface area contributed by atoms with Crippen molar-refractivity contribution in [2.75, 3.05) is 18.4 Å². The van der Waals surface area contributed by atoms with Crippen LogP contribution in [0.1, 0.15) is 5.56 Å². The van der Waals surface area contributed by atoms with Gasteiger partial charge in [-0.2, -0.15) is 0 Å². The van der Waals surface area contributed by atoms with E-state index in [1.807, 2.05) is 12.4 Å². The molecular weight excluding hydrogens is 270 g/mol. The maximum absolute atomic E-state index is 4.15. The molecule has 1 N–H and O–H groups in total. The second kappa shape index (κ2) is 5.78. The Bertz CT molecular complexity index is 764. The maximum Gasteiger partial charge on any atom is 0.0515 e. The Morgan fingerprint density at radius 3 is 2.73 bits per heavy atom. The van der Waals surface area contributed by atoms with E-state index >= 15 is 0 Å². The van der Waals surface area contributed by atoms with E-state index in [9.17, 15) is 0 Å². The molecular formula is C19H19N3. The number of likely N-dealkylation sites (tertiary alicyclic amines) is 1. The normalized spacial score (nSPS) is 15.6. The van der Waals surface area contributed by atoms with Crippen molar-refractivity contribution >= 4 is 16.5 Å². The number of nitrogens with one attached hydrogen (secondary N) is 1. The lowest BCUT2D eigenvalue weighted by Crippen LogP contribution is -2.53. The maximum atomic E-state index is 4.15. The molecule has 3 nitrogen and oxygen atoms in total. The van der Waals surface area contributed by atoms with Crippen molar-refractivity contribution < 1.29 is 0 Å². The van der Waals surface area contributed by atoms with Crippen molar-refractivity contribution in [2.24, 2.45) is 0 Å². The predicted molar refractivity (Wildman–Crippen MR) is 90.9 cm³/mol. The second-order valence-corrected chi connectivity index (χ2v) is 5.96. The summed E-state index contributed by atoms with van der Waals surface area (Å²) < 4.78 is 0. The van der Waals surface area contributed by atoms with E-state index in [1.165, 1.54) is 22.0 Å². The summed E-state index contributed by atoms with van der Waals surface area (Å²) in [5.41, 5.74) is 2.59. The molecule has 1 aliphatic heterocycles. The van der Waals surface area contributed by atoms with Crippen molar-refractivity contribution in [3.05, 3.63) is 72.6 Å². The predicted octanol–water partition coefficient (Wildman–Crippen LogP) is 3.53. The van der Waals surface area contributed by atoms with Gasteiger partial charge in [-0.15, -0.1) is 0 Å². The minimum Gasteiger partial charge on any atom is -0.380 e. The minimum atomic E-state index is 0.544. The Hall–Kier alpha value is -2.39. The summed E-state index contributed by atoms with van der Waals surface area (Å²) in [4.78, 5) is 6.62. The molecule has 1 saturated heterocycles. The zero-order chi connectivity index (χ0) is 14.8. The molecule has 22 heavy (non-hydrogen) atoms. The van der Waals surface area contributed by atoms with Crippen molar-refractivity contribution in [2.45, 2.75) is 12.6 Å². The number of rotatable bonds is 4. The summed E-state index contributed by atoms with van der Waals surface area (Å²) in [5.74, 6) is 0. The molecule has 2 aromatic carbocycles. The summed E-state index contributed by atoms with van der Waals surface area (Å²) in [6.07, 6.45) is 3.75. The van der Waals surface area contributed by atoms with Gasteiger partial charge in [0.05, 0.1) is 6.04 Å². The third-order valence-electron chi connectivity index (χ3n) is 4.22. The lowest BCUT2D eigenvalue weighted by Gasteiger charge is -2.40. The molecule has 1 aliphatic rings. The molecule has 4 rings (SSSR count). The Balaban J connectivity index is 1.35. The Morgan fingerprint density at radius 2 is 1.86 bits per heavy atom. The molecule has 0 amide bonds. The number of hydrogen-bond acceptors (Lipinski definition) is 3. The Kier molecular flexibility index (Phi) is 3.49. The first-order chi connectivity index (χ1) is 10.9. The highest BCUT2D eigenvalue weighted by atomic mass is 15.2. The van der Waals surface area contributed by atoms with Crippen LogP contribution in [0.15, 0.2) is 67.0 Å².